The van der Waals surface area contributed by atoms with Gasteiger partial charge in [-0.2, -0.15) is 5.06 Å². The highest BCUT2D eigenvalue weighted by Gasteiger charge is 2.76. The summed E-state index contributed by atoms with van der Waals surface area (Å²) >= 11 is 0. The Balaban J connectivity index is 0.981. The number of esters is 1. The average molecular weight is 711 g/mol. The summed E-state index contributed by atoms with van der Waals surface area (Å²) in [5, 5.41) is 14.2. The molecule has 0 radical (unpaired) electrons. The first-order valence-corrected chi connectivity index (χ1v) is 19.4. The summed E-state index contributed by atoms with van der Waals surface area (Å²) in [7, 11) is 0. The van der Waals surface area contributed by atoms with Crippen molar-refractivity contribution in [1.29, 1.82) is 0 Å². The van der Waals surface area contributed by atoms with Gasteiger partial charge in [-0.3, -0.25) is 14.4 Å². The standard InChI is InChI=1S/C42H50N2O8/c1-39(2)21-29-25(12-13-32-40(3,49-32)15-14-30(29)39)18-24-8-4-7-11-28(24)23-44-35-37(46)48-31-22-42(35,38(47)43-16-17-45)36(52-44)34-33(31)50-41(51-34)19-26-9-5-6-10-27(26)20-41/h4-11,18,29-36,45H,12-17,19-23H2,1-3H3,(H,43,47). The Morgan fingerprint density at radius 3 is 2.50 bits per heavy atom. The molecule has 10 rings (SSSR count). The first-order chi connectivity index (χ1) is 25.0. The van der Waals surface area contributed by atoms with E-state index in [-0.39, 0.29) is 37.6 Å². The van der Waals surface area contributed by atoms with Crippen LogP contribution in [0.25, 0.3) is 6.08 Å². The monoisotopic (exact) mass is 710 g/mol. The molecule has 10 unspecified atom stereocenters. The maximum absolute atomic E-state index is 14.3. The number of fused-ring (bicyclic) bond motifs is 7. The second-order valence-corrected chi connectivity index (χ2v) is 17.7. The Morgan fingerprint density at radius 1 is 0.981 bits per heavy atom. The van der Waals surface area contributed by atoms with Gasteiger partial charge in [-0.1, -0.05) is 74.0 Å². The minimum atomic E-state index is -1.27. The highest BCUT2D eigenvalue weighted by Crippen LogP contribution is 2.61. The van der Waals surface area contributed by atoms with Gasteiger partial charge in [0.05, 0.1) is 24.9 Å². The molecule has 1 spiro atoms. The lowest BCUT2D eigenvalue weighted by atomic mass is 9.52. The Kier molecular flexibility index (Phi) is 7.52. The number of hydroxylamine groups is 2. The molecule has 2 aromatic carbocycles. The molecule has 4 saturated heterocycles. The van der Waals surface area contributed by atoms with Gasteiger partial charge in [-0.05, 0) is 78.5 Å². The number of rotatable bonds is 6. The number of carbonyl (C=O) groups excluding carboxylic acids is 2. The third-order valence-corrected chi connectivity index (χ3v) is 14.2. The fraction of sp³-hybridized carbons (Fsp3) is 0.619. The zero-order valence-electron chi connectivity index (χ0n) is 30.3. The number of aliphatic hydroxyl groups is 1. The van der Waals surface area contributed by atoms with Crippen molar-refractivity contribution < 1.29 is 38.5 Å². The molecule has 10 nitrogen and oxygen atoms in total. The van der Waals surface area contributed by atoms with E-state index in [0.717, 1.165) is 30.4 Å². The van der Waals surface area contributed by atoms with Gasteiger partial charge in [-0.25, -0.2) is 0 Å². The lowest BCUT2D eigenvalue weighted by Gasteiger charge is -2.53. The number of amides is 1. The average Bonchev–Trinajstić information content (AvgIpc) is 3.41. The van der Waals surface area contributed by atoms with Crippen LogP contribution in [0.15, 0.2) is 54.1 Å². The molecule has 4 heterocycles. The third kappa shape index (κ3) is 4.97. The van der Waals surface area contributed by atoms with Crippen LogP contribution in [0.2, 0.25) is 0 Å². The highest BCUT2D eigenvalue weighted by atomic mass is 16.8. The second kappa shape index (κ2) is 11.7. The molecule has 1 amide bonds. The van der Waals surface area contributed by atoms with Crippen LogP contribution in [0.1, 0.15) is 81.5 Å². The number of nitrogens with one attached hydrogen (secondary N) is 1. The predicted octanol–water partition coefficient (Wildman–Crippen LogP) is 4.65. The van der Waals surface area contributed by atoms with Crippen LogP contribution in [-0.2, 0) is 52.8 Å². The first-order valence-electron chi connectivity index (χ1n) is 19.4. The van der Waals surface area contributed by atoms with Crippen molar-refractivity contribution in [2.75, 3.05) is 13.2 Å². The quantitative estimate of drug-likeness (QED) is 0.326. The Hall–Kier alpha value is -3.12. The molecule has 3 saturated carbocycles. The smallest absolute Gasteiger partial charge is 0.327 e. The summed E-state index contributed by atoms with van der Waals surface area (Å²) in [4.78, 5) is 35.3. The number of benzene rings is 2. The SMILES string of the molecule is CC1(C)CC2C(=Cc3ccccc3CN3OC4C5OC6(Cc7ccccc7C6)OC5C5CC4(C(=O)NCCO)C3C(=O)O5)CCC3OC3(C)CCC21. The van der Waals surface area contributed by atoms with Gasteiger partial charge in [0.25, 0.3) is 0 Å². The van der Waals surface area contributed by atoms with Crippen molar-refractivity contribution >= 4 is 18.0 Å². The van der Waals surface area contributed by atoms with E-state index >= 15 is 0 Å². The molecule has 2 N–H and O–H groups in total. The molecule has 4 aliphatic carbocycles. The number of hydrogen-bond acceptors (Lipinski definition) is 9. The Labute approximate surface area is 305 Å². The maximum Gasteiger partial charge on any atom is 0.327 e. The molecule has 10 atom stereocenters. The molecular weight excluding hydrogens is 660 g/mol. The summed E-state index contributed by atoms with van der Waals surface area (Å²) in [6.45, 7) is 7.25. The van der Waals surface area contributed by atoms with Crippen molar-refractivity contribution in [3.05, 3.63) is 76.4 Å². The van der Waals surface area contributed by atoms with Crippen molar-refractivity contribution in [3.8, 4) is 0 Å². The molecule has 7 fully saturated rings. The number of carbonyl (C=O) groups is 2. The summed E-state index contributed by atoms with van der Waals surface area (Å²) in [5.74, 6) is -0.564. The van der Waals surface area contributed by atoms with Crippen LogP contribution in [0, 0.1) is 22.7 Å². The Bertz CT molecular complexity index is 1820. The summed E-state index contributed by atoms with van der Waals surface area (Å²) in [6, 6.07) is 15.6. The minimum Gasteiger partial charge on any atom is -0.458 e. The number of aliphatic hydroxyl groups excluding tert-OH is 1. The van der Waals surface area contributed by atoms with Crippen LogP contribution in [0.3, 0.4) is 0 Å². The largest absolute Gasteiger partial charge is 0.458 e. The molecule has 52 heavy (non-hydrogen) atoms. The first kappa shape index (κ1) is 33.4. The number of epoxide rings is 1. The van der Waals surface area contributed by atoms with Crippen molar-refractivity contribution in [1.82, 2.24) is 10.4 Å². The zero-order chi connectivity index (χ0) is 35.6. The number of allylic oxidation sites excluding steroid dienone is 1. The zero-order valence-corrected chi connectivity index (χ0v) is 30.3. The summed E-state index contributed by atoms with van der Waals surface area (Å²) in [6.07, 6.45) is 7.01. The second-order valence-electron chi connectivity index (χ2n) is 17.7. The van der Waals surface area contributed by atoms with Crippen molar-refractivity contribution in [2.45, 2.75) is 127 Å². The van der Waals surface area contributed by atoms with Gasteiger partial charge in [0.1, 0.15) is 29.8 Å². The van der Waals surface area contributed by atoms with E-state index in [1.54, 1.807) is 5.06 Å². The van der Waals surface area contributed by atoms with Crippen molar-refractivity contribution in [2.24, 2.45) is 22.7 Å². The molecule has 0 aromatic heterocycles. The van der Waals surface area contributed by atoms with Crippen LogP contribution < -0.4 is 5.32 Å². The molecule has 2 aromatic rings. The molecular formula is C42H50N2O8. The minimum absolute atomic E-state index is 0.0228. The lowest BCUT2D eigenvalue weighted by Crippen LogP contribution is -2.69. The van der Waals surface area contributed by atoms with E-state index in [2.05, 4.69) is 62.5 Å². The molecule has 4 aliphatic heterocycles. The predicted molar refractivity (Wildman–Crippen MR) is 189 cm³/mol. The number of ether oxygens (including phenoxy) is 4. The van der Waals surface area contributed by atoms with Crippen LogP contribution in [0.5, 0.6) is 0 Å². The third-order valence-electron chi connectivity index (χ3n) is 14.2. The summed E-state index contributed by atoms with van der Waals surface area (Å²) < 4.78 is 26.0. The van der Waals surface area contributed by atoms with E-state index in [9.17, 15) is 14.7 Å². The number of nitrogens with zero attached hydrogens (tertiary/aromatic N) is 1. The van der Waals surface area contributed by atoms with Gasteiger partial charge in [0.15, 0.2) is 11.8 Å². The highest BCUT2D eigenvalue weighted by molar-refractivity contribution is 5.93. The van der Waals surface area contributed by atoms with Crippen molar-refractivity contribution in [3.63, 3.8) is 0 Å². The lowest BCUT2D eigenvalue weighted by molar-refractivity contribution is -0.217. The maximum atomic E-state index is 14.3. The number of hydrogen-bond donors (Lipinski definition) is 2. The molecule has 8 aliphatic rings. The van der Waals surface area contributed by atoms with Gasteiger partial charge in [0.2, 0.25) is 5.91 Å². The van der Waals surface area contributed by atoms with E-state index in [4.69, 9.17) is 23.8 Å². The van der Waals surface area contributed by atoms with E-state index < -0.39 is 47.6 Å². The Morgan fingerprint density at radius 2 is 1.73 bits per heavy atom. The van der Waals surface area contributed by atoms with Crippen LogP contribution in [0.4, 0.5) is 0 Å². The van der Waals surface area contributed by atoms with Crippen LogP contribution in [-0.4, -0.2) is 83.1 Å². The fourth-order valence-corrected chi connectivity index (χ4v) is 11.5. The van der Waals surface area contributed by atoms with E-state index in [0.29, 0.717) is 36.2 Å². The van der Waals surface area contributed by atoms with Gasteiger partial charge >= 0.3 is 5.97 Å². The topological polar surface area (TPSA) is 119 Å². The molecule has 10 heteroatoms. The van der Waals surface area contributed by atoms with Crippen LogP contribution >= 0.6 is 0 Å². The molecule has 2 bridgehead atoms. The normalized spacial score (nSPS) is 41.1. The molecule has 276 valence electrons. The van der Waals surface area contributed by atoms with E-state index in [1.807, 2.05) is 18.2 Å². The fourth-order valence-electron chi connectivity index (χ4n) is 11.5. The van der Waals surface area contributed by atoms with Gasteiger partial charge < -0.3 is 29.4 Å². The van der Waals surface area contributed by atoms with Gasteiger partial charge in [-0.15, -0.1) is 0 Å². The summed E-state index contributed by atoms with van der Waals surface area (Å²) in [5.41, 5.74) is 4.99. The van der Waals surface area contributed by atoms with E-state index in [1.165, 1.54) is 29.5 Å². The van der Waals surface area contributed by atoms with Gasteiger partial charge in [0, 0.05) is 25.8 Å².